The van der Waals surface area contributed by atoms with Gasteiger partial charge in [0.2, 0.25) is 0 Å². The van der Waals surface area contributed by atoms with E-state index in [1.807, 2.05) is 42.5 Å². The van der Waals surface area contributed by atoms with Gasteiger partial charge in [-0.05, 0) is 59.2 Å². The van der Waals surface area contributed by atoms with Crippen LogP contribution in [0.2, 0.25) is 10.0 Å². The highest BCUT2D eigenvalue weighted by atomic mass is 35.5. The topological polar surface area (TPSA) is 69.2 Å². The van der Waals surface area contributed by atoms with Crippen LogP contribution in [0.1, 0.15) is 36.1 Å². The number of ether oxygens (including phenoxy) is 3. The van der Waals surface area contributed by atoms with Crippen molar-refractivity contribution in [1.29, 1.82) is 0 Å². The van der Waals surface area contributed by atoms with Crippen molar-refractivity contribution in [2.45, 2.75) is 25.9 Å². The smallest absolute Gasteiger partial charge is 0.277 e. The lowest BCUT2D eigenvalue weighted by Crippen LogP contribution is -2.24. The molecule has 0 heterocycles. The SMILES string of the molecule is COc1cc(/C=N\NC(=O)COc2ccc(C(C)(C)c3ccccc3)cc2)ccc1OCc1c(Cl)cccc1Cl. The molecule has 0 unspecified atom stereocenters. The van der Waals surface area contributed by atoms with E-state index < -0.39 is 0 Å². The molecule has 0 bridgehead atoms. The number of hydrazone groups is 1. The summed E-state index contributed by atoms with van der Waals surface area (Å²) in [5, 5.41) is 5.07. The van der Waals surface area contributed by atoms with Gasteiger partial charge in [0, 0.05) is 21.0 Å². The molecule has 0 spiro atoms. The minimum atomic E-state index is -0.381. The largest absolute Gasteiger partial charge is 0.493 e. The number of carbonyl (C=O) groups is 1. The number of hydrogen-bond acceptors (Lipinski definition) is 5. The number of nitrogens with one attached hydrogen (secondary N) is 1. The van der Waals surface area contributed by atoms with E-state index in [0.29, 0.717) is 38.4 Å². The predicted octanol–water partition coefficient (Wildman–Crippen LogP) is 7.44. The molecule has 0 saturated heterocycles. The molecule has 206 valence electrons. The van der Waals surface area contributed by atoms with Crippen molar-refractivity contribution in [3.8, 4) is 17.2 Å². The minimum absolute atomic E-state index is 0.151. The van der Waals surface area contributed by atoms with E-state index >= 15 is 0 Å². The van der Waals surface area contributed by atoms with E-state index in [1.54, 1.807) is 43.5 Å². The van der Waals surface area contributed by atoms with Crippen LogP contribution in [-0.2, 0) is 16.8 Å². The maximum Gasteiger partial charge on any atom is 0.277 e. The summed E-state index contributed by atoms with van der Waals surface area (Å²) in [4.78, 5) is 12.3. The van der Waals surface area contributed by atoms with Gasteiger partial charge in [0.1, 0.15) is 12.4 Å². The average Bonchev–Trinajstić information content (AvgIpc) is 2.97. The number of carbonyl (C=O) groups excluding carboxylic acids is 1. The summed E-state index contributed by atoms with van der Waals surface area (Å²) in [5.74, 6) is 1.24. The normalized spacial score (nSPS) is 11.3. The molecule has 0 fully saturated rings. The van der Waals surface area contributed by atoms with E-state index in [0.717, 1.165) is 5.56 Å². The van der Waals surface area contributed by atoms with E-state index in [4.69, 9.17) is 37.4 Å². The predicted molar refractivity (Wildman–Crippen MR) is 160 cm³/mol. The fourth-order valence-corrected chi connectivity index (χ4v) is 4.56. The van der Waals surface area contributed by atoms with E-state index in [-0.39, 0.29) is 24.5 Å². The molecule has 0 atom stereocenters. The number of benzene rings is 4. The van der Waals surface area contributed by atoms with Gasteiger partial charge in [-0.15, -0.1) is 0 Å². The standard InChI is InChI=1S/C32H30Cl2N2O4/c1-32(2,23-8-5-4-6-9-23)24-13-15-25(16-14-24)39-21-31(37)36-35-19-22-12-17-29(30(18-22)38-3)40-20-26-27(33)10-7-11-28(26)34/h4-19H,20-21H2,1-3H3,(H,36,37)/b35-19-. The molecule has 4 rings (SSSR count). The summed E-state index contributed by atoms with van der Waals surface area (Å²) >= 11 is 12.4. The first kappa shape index (κ1) is 29.0. The Hall–Kier alpha value is -4.00. The van der Waals surface area contributed by atoms with Gasteiger partial charge >= 0.3 is 0 Å². The molecule has 0 radical (unpaired) electrons. The summed E-state index contributed by atoms with van der Waals surface area (Å²) < 4.78 is 17.0. The fraction of sp³-hybridized carbons (Fsp3) is 0.188. The average molecular weight is 578 g/mol. The summed E-state index contributed by atoms with van der Waals surface area (Å²) in [7, 11) is 1.54. The second-order valence-corrected chi connectivity index (χ2v) is 10.3. The van der Waals surface area contributed by atoms with Crippen LogP contribution in [0.15, 0.2) is 96.1 Å². The van der Waals surface area contributed by atoms with Gasteiger partial charge in [0.05, 0.1) is 13.3 Å². The fourth-order valence-electron chi connectivity index (χ4n) is 4.05. The Morgan fingerprint density at radius 2 is 1.52 bits per heavy atom. The second kappa shape index (κ2) is 13.4. The number of nitrogens with zero attached hydrogens (tertiary/aromatic N) is 1. The third-order valence-corrected chi connectivity index (χ3v) is 7.17. The quantitative estimate of drug-likeness (QED) is 0.149. The van der Waals surface area contributed by atoms with Crippen molar-refractivity contribution < 1.29 is 19.0 Å². The number of halogens is 2. The molecule has 1 amide bonds. The van der Waals surface area contributed by atoms with Crippen LogP contribution in [0.3, 0.4) is 0 Å². The van der Waals surface area contributed by atoms with Crippen LogP contribution < -0.4 is 19.6 Å². The monoisotopic (exact) mass is 576 g/mol. The Kier molecular flexibility index (Phi) is 9.70. The van der Waals surface area contributed by atoms with Crippen LogP contribution in [-0.4, -0.2) is 25.8 Å². The highest BCUT2D eigenvalue weighted by molar-refractivity contribution is 6.35. The van der Waals surface area contributed by atoms with Crippen LogP contribution >= 0.6 is 23.2 Å². The Balaban J connectivity index is 1.28. The molecule has 6 nitrogen and oxygen atoms in total. The van der Waals surface area contributed by atoms with Gasteiger partial charge in [-0.25, -0.2) is 5.43 Å². The zero-order chi connectivity index (χ0) is 28.5. The third-order valence-electron chi connectivity index (χ3n) is 6.47. The van der Waals surface area contributed by atoms with Crippen molar-refractivity contribution in [2.24, 2.45) is 5.10 Å². The third kappa shape index (κ3) is 7.34. The van der Waals surface area contributed by atoms with Crippen molar-refractivity contribution in [3.05, 3.63) is 123 Å². The molecule has 1 N–H and O–H groups in total. The van der Waals surface area contributed by atoms with Crippen LogP contribution in [0.25, 0.3) is 0 Å². The maximum absolute atomic E-state index is 12.3. The molecule has 4 aromatic rings. The molecule has 0 aliphatic carbocycles. The van der Waals surface area contributed by atoms with Gasteiger partial charge in [-0.3, -0.25) is 4.79 Å². The van der Waals surface area contributed by atoms with Crippen LogP contribution in [0.5, 0.6) is 17.2 Å². The first-order valence-electron chi connectivity index (χ1n) is 12.6. The highest BCUT2D eigenvalue weighted by Crippen LogP contribution is 2.33. The zero-order valence-corrected chi connectivity index (χ0v) is 24.0. The number of amides is 1. The Morgan fingerprint density at radius 3 is 2.20 bits per heavy atom. The van der Waals surface area contributed by atoms with Gasteiger partial charge in [-0.1, -0.05) is 85.6 Å². The van der Waals surface area contributed by atoms with Gasteiger partial charge < -0.3 is 14.2 Å². The number of hydrogen-bond donors (Lipinski definition) is 1. The molecule has 0 aromatic heterocycles. The van der Waals surface area contributed by atoms with Gasteiger partial charge in [0.25, 0.3) is 5.91 Å². The molecule has 8 heteroatoms. The van der Waals surface area contributed by atoms with Gasteiger partial charge in [-0.2, -0.15) is 5.10 Å². The number of rotatable bonds is 11. The Morgan fingerprint density at radius 1 is 0.850 bits per heavy atom. The molecular formula is C32H30Cl2N2O4. The lowest BCUT2D eigenvalue weighted by atomic mass is 9.78. The van der Waals surface area contributed by atoms with Gasteiger partial charge in [0.15, 0.2) is 18.1 Å². The highest BCUT2D eigenvalue weighted by Gasteiger charge is 2.22. The molecule has 40 heavy (non-hydrogen) atoms. The van der Waals surface area contributed by atoms with Crippen LogP contribution in [0.4, 0.5) is 0 Å². The maximum atomic E-state index is 12.3. The molecular weight excluding hydrogens is 547 g/mol. The lowest BCUT2D eigenvalue weighted by molar-refractivity contribution is -0.123. The van der Waals surface area contributed by atoms with E-state index in [2.05, 4.69) is 36.5 Å². The first-order valence-corrected chi connectivity index (χ1v) is 13.4. The van der Waals surface area contributed by atoms with Crippen molar-refractivity contribution in [1.82, 2.24) is 5.43 Å². The zero-order valence-electron chi connectivity index (χ0n) is 22.5. The Bertz CT molecular complexity index is 1450. The second-order valence-electron chi connectivity index (χ2n) is 9.50. The molecule has 0 saturated carbocycles. The molecule has 0 aliphatic rings. The summed E-state index contributed by atoms with van der Waals surface area (Å²) in [5.41, 5.74) is 6.10. The lowest BCUT2D eigenvalue weighted by Gasteiger charge is -2.26. The Labute approximate surface area is 244 Å². The molecule has 0 aliphatic heterocycles. The number of methoxy groups -OCH3 is 1. The van der Waals surface area contributed by atoms with Crippen molar-refractivity contribution in [2.75, 3.05) is 13.7 Å². The summed E-state index contributed by atoms with van der Waals surface area (Å²) in [6.45, 7) is 4.37. The van der Waals surface area contributed by atoms with E-state index in [1.165, 1.54) is 11.8 Å². The molecule has 4 aromatic carbocycles. The van der Waals surface area contributed by atoms with E-state index in [9.17, 15) is 4.79 Å². The van der Waals surface area contributed by atoms with Crippen molar-refractivity contribution >= 4 is 35.3 Å². The summed E-state index contributed by atoms with van der Waals surface area (Å²) in [6.07, 6.45) is 1.51. The van der Waals surface area contributed by atoms with Crippen molar-refractivity contribution in [3.63, 3.8) is 0 Å². The van der Waals surface area contributed by atoms with Crippen LogP contribution in [0, 0.1) is 0 Å². The first-order chi connectivity index (χ1) is 19.3. The minimum Gasteiger partial charge on any atom is -0.493 e. The summed E-state index contributed by atoms with van der Waals surface area (Å²) in [6, 6.07) is 28.7.